The first kappa shape index (κ1) is 21.4. The first-order valence-corrected chi connectivity index (χ1v) is 9.93. The number of thioether (sulfide) groups is 1. The van der Waals surface area contributed by atoms with Crippen molar-refractivity contribution < 1.29 is 14.3 Å². The molecular weight excluding hydrogens is 467 g/mol. The predicted octanol–water partition coefficient (Wildman–Crippen LogP) is 1.49. The maximum atomic E-state index is 12.3. The van der Waals surface area contributed by atoms with E-state index in [1.54, 1.807) is 28.8 Å². The van der Waals surface area contributed by atoms with Gasteiger partial charge in [0.15, 0.2) is 11.7 Å². The van der Waals surface area contributed by atoms with Crippen molar-refractivity contribution in [2.24, 2.45) is 4.99 Å². The third-order valence-electron chi connectivity index (χ3n) is 4.54. The maximum absolute atomic E-state index is 12.3. The molecule has 2 aliphatic heterocycles. The lowest BCUT2D eigenvalue weighted by Gasteiger charge is -2.36. The largest absolute Gasteiger partial charge is 0.459 e. The molecule has 2 saturated heterocycles. The Labute approximate surface area is 175 Å². The molecule has 0 saturated carbocycles. The molecule has 2 aliphatic rings. The van der Waals surface area contributed by atoms with Gasteiger partial charge in [0, 0.05) is 38.5 Å². The van der Waals surface area contributed by atoms with Crippen LogP contribution in [0, 0.1) is 0 Å². The summed E-state index contributed by atoms with van der Waals surface area (Å²) in [4.78, 5) is 21.0. The normalized spacial score (nSPS) is 23.7. The van der Waals surface area contributed by atoms with Crippen LogP contribution in [0.5, 0.6) is 0 Å². The summed E-state index contributed by atoms with van der Waals surface area (Å²) >= 11 is 1.78. The number of carbonyl (C=O) groups excluding carboxylic acids is 1. The van der Waals surface area contributed by atoms with Gasteiger partial charge in [-0.15, -0.1) is 24.0 Å². The number of carbonyl (C=O) groups is 1. The number of amides is 1. The first-order chi connectivity index (χ1) is 12.1. The number of aliphatic imine (C=N–C) groups is 1. The van der Waals surface area contributed by atoms with Gasteiger partial charge in [0.2, 0.25) is 0 Å². The Morgan fingerprint density at radius 3 is 2.69 bits per heavy atom. The minimum absolute atomic E-state index is 0. The van der Waals surface area contributed by atoms with E-state index in [1.807, 2.05) is 6.92 Å². The standard InChI is InChI=1S/C17H26N4O3S.HI/c1-2-18-16(19-12-17(23)5-11-25-13-17)21-8-6-20(7-9-21)15(22)14-4-3-10-24-14;/h3-4,10,23H,2,5-9,11-13H2,1H3,(H,18,19);1H. The predicted molar refractivity (Wildman–Crippen MR) is 114 cm³/mol. The van der Waals surface area contributed by atoms with E-state index >= 15 is 0 Å². The zero-order valence-electron chi connectivity index (χ0n) is 15.0. The van der Waals surface area contributed by atoms with Crippen molar-refractivity contribution in [2.75, 3.05) is 50.8 Å². The van der Waals surface area contributed by atoms with Gasteiger partial charge in [-0.2, -0.15) is 11.8 Å². The molecule has 3 heterocycles. The highest BCUT2D eigenvalue weighted by Gasteiger charge is 2.32. The molecular formula is C17H27IN4O3S. The second kappa shape index (κ2) is 9.84. The summed E-state index contributed by atoms with van der Waals surface area (Å²) in [5, 5.41) is 13.8. The van der Waals surface area contributed by atoms with Gasteiger partial charge in [0.1, 0.15) is 0 Å². The zero-order chi connectivity index (χ0) is 17.7. The van der Waals surface area contributed by atoms with E-state index in [4.69, 9.17) is 4.42 Å². The van der Waals surface area contributed by atoms with Gasteiger partial charge in [-0.05, 0) is 31.2 Å². The van der Waals surface area contributed by atoms with Crippen LogP contribution in [-0.2, 0) is 0 Å². The van der Waals surface area contributed by atoms with E-state index < -0.39 is 5.60 Å². The van der Waals surface area contributed by atoms with E-state index in [-0.39, 0.29) is 29.9 Å². The molecule has 9 heteroatoms. The Balaban J connectivity index is 0.00000243. The molecule has 1 amide bonds. The number of aliphatic hydroxyl groups is 1. The van der Waals surface area contributed by atoms with Gasteiger partial charge in [0.05, 0.1) is 18.4 Å². The highest BCUT2D eigenvalue weighted by atomic mass is 127. The summed E-state index contributed by atoms with van der Waals surface area (Å²) in [5.74, 6) is 2.88. The van der Waals surface area contributed by atoms with Crippen LogP contribution in [0.25, 0.3) is 0 Å². The van der Waals surface area contributed by atoms with Crippen molar-refractivity contribution in [3.8, 4) is 0 Å². The first-order valence-electron chi connectivity index (χ1n) is 8.77. The van der Waals surface area contributed by atoms with Crippen molar-refractivity contribution in [1.82, 2.24) is 15.1 Å². The number of nitrogens with one attached hydrogen (secondary N) is 1. The molecule has 1 aromatic heterocycles. The Hall–Kier alpha value is -0.940. The molecule has 0 bridgehead atoms. The molecule has 7 nitrogen and oxygen atoms in total. The van der Waals surface area contributed by atoms with Gasteiger partial charge in [-0.3, -0.25) is 9.79 Å². The van der Waals surface area contributed by atoms with Gasteiger partial charge < -0.3 is 24.6 Å². The summed E-state index contributed by atoms with van der Waals surface area (Å²) in [6, 6.07) is 3.42. The third kappa shape index (κ3) is 5.29. The minimum atomic E-state index is -0.678. The molecule has 0 spiro atoms. The van der Waals surface area contributed by atoms with E-state index in [0.717, 1.165) is 30.4 Å². The second-order valence-electron chi connectivity index (χ2n) is 6.45. The lowest BCUT2D eigenvalue weighted by molar-refractivity contribution is 0.0655. The Bertz CT molecular complexity index is 597. The molecule has 0 radical (unpaired) electrons. The topological polar surface area (TPSA) is 81.3 Å². The van der Waals surface area contributed by atoms with Crippen LogP contribution in [0.15, 0.2) is 27.8 Å². The van der Waals surface area contributed by atoms with E-state index in [1.165, 1.54) is 6.26 Å². The SMILES string of the molecule is CCNC(=NCC1(O)CCSC1)N1CCN(C(=O)c2ccco2)CC1.I. The van der Waals surface area contributed by atoms with Crippen LogP contribution in [0.3, 0.4) is 0 Å². The monoisotopic (exact) mass is 494 g/mol. The second-order valence-corrected chi connectivity index (χ2v) is 7.56. The van der Waals surface area contributed by atoms with E-state index in [9.17, 15) is 9.90 Å². The highest BCUT2D eigenvalue weighted by Crippen LogP contribution is 2.28. The number of nitrogens with zero attached hydrogens (tertiary/aromatic N) is 3. The minimum Gasteiger partial charge on any atom is -0.459 e. The average molecular weight is 494 g/mol. The summed E-state index contributed by atoms with van der Waals surface area (Å²) < 4.78 is 5.20. The van der Waals surface area contributed by atoms with Crippen LogP contribution >= 0.6 is 35.7 Å². The summed E-state index contributed by atoms with van der Waals surface area (Å²) in [6.07, 6.45) is 2.32. The fourth-order valence-corrected chi connectivity index (χ4v) is 4.33. The summed E-state index contributed by atoms with van der Waals surface area (Å²) in [7, 11) is 0. The fourth-order valence-electron chi connectivity index (χ4n) is 3.05. The third-order valence-corrected chi connectivity index (χ3v) is 5.77. The van der Waals surface area contributed by atoms with Gasteiger partial charge in [0.25, 0.3) is 5.91 Å². The lowest BCUT2D eigenvalue weighted by Crippen LogP contribution is -2.54. The van der Waals surface area contributed by atoms with Gasteiger partial charge >= 0.3 is 0 Å². The van der Waals surface area contributed by atoms with E-state index in [2.05, 4.69) is 15.2 Å². The Morgan fingerprint density at radius 1 is 1.38 bits per heavy atom. The van der Waals surface area contributed by atoms with Gasteiger partial charge in [-0.25, -0.2) is 0 Å². The molecule has 1 aromatic rings. The van der Waals surface area contributed by atoms with Gasteiger partial charge in [-0.1, -0.05) is 0 Å². The summed E-state index contributed by atoms with van der Waals surface area (Å²) in [6.45, 7) is 5.92. The van der Waals surface area contributed by atoms with E-state index in [0.29, 0.717) is 38.5 Å². The average Bonchev–Trinajstić information content (AvgIpc) is 3.30. The molecule has 26 heavy (non-hydrogen) atoms. The summed E-state index contributed by atoms with van der Waals surface area (Å²) in [5.41, 5.74) is -0.678. The van der Waals surface area contributed by atoms with Crippen LogP contribution in [0.1, 0.15) is 23.9 Å². The maximum Gasteiger partial charge on any atom is 0.289 e. The quantitative estimate of drug-likeness (QED) is 0.375. The number of rotatable bonds is 4. The van der Waals surface area contributed by atoms with Crippen LogP contribution in [0.2, 0.25) is 0 Å². The molecule has 0 aromatic carbocycles. The molecule has 0 aliphatic carbocycles. The highest BCUT2D eigenvalue weighted by molar-refractivity contribution is 14.0. The number of guanidine groups is 1. The lowest BCUT2D eigenvalue weighted by atomic mass is 10.0. The van der Waals surface area contributed by atoms with Crippen LogP contribution < -0.4 is 5.32 Å². The molecule has 2 N–H and O–H groups in total. The van der Waals surface area contributed by atoms with Crippen molar-refractivity contribution in [2.45, 2.75) is 18.9 Å². The smallest absolute Gasteiger partial charge is 0.289 e. The van der Waals surface area contributed by atoms with Crippen LogP contribution in [0.4, 0.5) is 0 Å². The Kier molecular flexibility index (Phi) is 8.08. The fraction of sp³-hybridized carbons (Fsp3) is 0.647. The Morgan fingerprint density at radius 2 is 2.12 bits per heavy atom. The molecule has 2 fully saturated rings. The number of furan rings is 1. The van der Waals surface area contributed by atoms with Crippen molar-refractivity contribution >= 4 is 47.6 Å². The number of hydrogen-bond donors (Lipinski definition) is 2. The number of halogens is 1. The number of piperazine rings is 1. The molecule has 3 rings (SSSR count). The zero-order valence-corrected chi connectivity index (χ0v) is 18.2. The number of hydrogen-bond acceptors (Lipinski definition) is 5. The molecule has 1 unspecified atom stereocenters. The van der Waals surface area contributed by atoms with Crippen molar-refractivity contribution in [3.63, 3.8) is 0 Å². The van der Waals surface area contributed by atoms with Crippen LogP contribution in [-0.4, -0.2) is 83.1 Å². The molecule has 1 atom stereocenters. The van der Waals surface area contributed by atoms with Crippen molar-refractivity contribution in [1.29, 1.82) is 0 Å². The van der Waals surface area contributed by atoms with Crippen molar-refractivity contribution in [3.05, 3.63) is 24.2 Å². The molecule has 146 valence electrons.